The highest BCUT2D eigenvalue weighted by atomic mass is 35.5. The molecule has 1 aromatic heterocycles. The highest BCUT2D eigenvalue weighted by Gasteiger charge is 2.15. The van der Waals surface area contributed by atoms with Gasteiger partial charge in [-0.25, -0.2) is 0 Å². The van der Waals surface area contributed by atoms with Gasteiger partial charge in [-0.05, 0) is 61.4 Å². The van der Waals surface area contributed by atoms with Gasteiger partial charge < -0.3 is 23.9 Å². The molecule has 4 aromatic rings. The standard InChI is InChI=1S/C28H26ClNO5/c1-5-34-20-9-6-18(7-10-20)23-16-35-27-15-26(33-4)21(14-22(23)27)17(2)12-28(31)30-19-8-11-25(32-3)24(29)13-19/h6-16H,5H2,1-4H3,(H,30,31)/b17-12+. The maximum absolute atomic E-state index is 12.7. The van der Waals surface area contributed by atoms with E-state index >= 15 is 0 Å². The molecule has 1 heterocycles. The van der Waals surface area contributed by atoms with Gasteiger partial charge in [-0.15, -0.1) is 0 Å². The highest BCUT2D eigenvalue weighted by molar-refractivity contribution is 6.32. The van der Waals surface area contributed by atoms with E-state index in [4.69, 9.17) is 30.2 Å². The van der Waals surface area contributed by atoms with E-state index in [1.165, 1.54) is 13.2 Å². The molecule has 0 aliphatic carbocycles. The van der Waals surface area contributed by atoms with Gasteiger partial charge in [0.15, 0.2) is 0 Å². The van der Waals surface area contributed by atoms with Crippen molar-refractivity contribution in [3.63, 3.8) is 0 Å². The number of carbonyl (C=O) groups is 1. The number of rotatable bonds is 8. The molecule has 0 atom stereocenters. The van der Waals surface area contributed by atoms with Crippen LogP contribution in [-0.4, -0.2) is 26.7 Å². The highest BCUT2D eigenvalue weighted by Crippen LogP contribution is 2.38. The van der Waals surface area contributed by atoms with Crippen molar-refractivity contribution in [2.24, 2.45) is 0 Å². The number of allylic oxidation sites excluding steroid dienone is 1. The minimum absolute atomic E-state index is 0.287. The van der Waals surface area contributed by atoms with Crippen molar-refractivity contribution in [3.05, 3.63) is 77.5 Å². The second-order valence-electron chi connectivity index (χ2n) is 7.82. The maximum atomic E-state index is 12.7. The largest absolute Gasteiger partial charge is 0.496 e. The molecule has 0 fully saturated rings. The van der Waals surface area contributed by atoms with Gasteiger partial charge in [0.1, 0.15) is 22.8 Å². The number of halogens is 1. The van der Waals surface area contributed by atoms with Gasteiger partial charge >= 0.3 is 0 Å². The smallest absolute Gasteiger partial charge is 0.248 e. The summed E-state index contributed by atoms with van der Waals surface area (Å²) in [4.78, 5) is 12.7. The SMILES string of the molecule is CCOc1ccc(-c2coc3cc(OC)c(/C(C)=C/C(=O)Nc4ccc(OC)c(Cl)c4)cc23)cc1. The summed E-state index contributed by atoms with van der Waals surface area (Å²) in [6.07, 6.45) is 3.25. The molecule has 0 saturated heterocycles. The lowest BCUT2D eigenvalue weighted by Crippen LogP contribution is -2.08. The van der Waals surface area contributed by atoms with Crippen LogP contribution in [0.2, 0.25) is 5.02 Å². The number of carbonyl (C=O) groups excluding carboxylic acids is 1. The molecule has 35 heavy (non-hydrogen) atoms. The minimum atomic E-state index is -0.287. The number of nitrogens with one attached hydrogen (secondary N) is 1. The first kappa shape index (κ1) is 24.2. The van der Waals surface area contributed by atoms with Gasteiger partial charge in [0, 0.05) is 34.3 Å². The zero-order valence-corrected chi connectivity index (χ0v) is 20.7. The topological polar surface area (TPSA) is 69.9 Å². The van der Waals surface area contributed by atoms with Crippen LogP contribution in [-0.2, 0) is 4.79 Å². The maximum Gasteiger partial charge on any atom is 0.248 e. The monoisotopic (exact) mass is 491 g/mol. The van der Waals surface area contributed by atoms with Crippen molar-refractivity contribution < 1.29 is 23.4 Å². The summed E-state index contributed by atoms with van der Waals surface area (Å²) in [5.74, 6) is 1.68. The zero-order valence-electron chi connectivity index (χ0n) is 20.0. The van der Waals surface area contributed by atoms with Crippen LogP contribution < -0.4 is 19.5 Å². The minimum Gasteiger partial charge on any atom is -0.496 e. The first-order valence-electron chi connectivity index (χ1n) is 11.1. The van der Waals surface area contributed by atoms with Crippen LogP contribution in [0.3, 0.4) is 0 Å². The number of ether oxygens (including phenoxy) is 3. The molecule has 0 aliphatic heterocycles. The second kappa shape index (κ2) is 10.6. The molecule has 4 rings (SSSR count). The lowest BCUT2D eigenvalue weighted by Gasteiger charge is -2.11. The number of hydrogen-bond donors (Lipinski definition) is 1. The van der Waals surface area contributed by atoms with E-state index in [9.17, 15) is 4.79 Å². The van der Waals surface area contributed by atoms with Crippen LogP contribution in [0.1, 0.15) is 19.4 Å². The summed E-state index contributed by atoms with van der Waals surface area (Å²) >= 11 is 6.16. The van der Waals surface area contributed by atoms with Crippen molar-refractivity contribution in [2.45, 2.75) is 13.8 Å². The molecule has 0 spiro atoms. The lowest BCUT2D eigenvalue weighted by atomic mass is 9.99. The summed E-state index contributed by atoms with van der Waals surface area (Å²) < 4.78 is 22.1. The molecule has 6 nitrogen and oxygen atoms in total. The molecule has 1 amide bonds. The normalized spacial score (nSPS) is 11.4. The summed E-state index contributed by atoms with van der Waals surface area (Å²) in [6, 6.07) is 16.7. The Morgan fingerprint density at radius 3 is 2.43 bits per heavy atom. The van der Waals surface area contributed by atoms with E-state index < -0.39 is 0 Å². The van der Waals surface area contributed by atoms with Crippen LogP contribution >= 0.6 is 11.6 Å². The van der Waals surface area contributed by atoms with Gasteiger partial charge in [0.2, 0.25) is 5.91 Å². The quantitative estimate of drug-likeness (QED) is 0.264. The molecule has 7 heteroatoms. The van der Waals surface area contributed by atoms with Crippen molar-refractivity contribution in [1.29, 1.82) is 0 Å². The number of fused-ring (bicyclic) bond motifs is 1. The predicted molar refractivity (Wildman–Crippen MR) is 140 cm³/mol. The lowest BCUT2D eigenvalue weighted by molar-refractivity contribution is -0.111. The van der Waals surface area contributed by atoms with Gasteiger partial charge in [-0.3, -0.25) is 4.79 Å². The van der Waals surface area contributed by atoms with Crippen molar-refractivity contribution in [2.75, 3.05) is 26.1 Å². The average molecular weight is 492 g/mol. The Bertz CT molecular complexity index is 1390. The van der Waals surface area contributed by atoms with E-state index in [0.29, 0.717) is 34.4 Å². The summed E-state index contributed by atoms with van der Waals surface area (Å²) in [5, 5.41) is 4.16. The fraction of sp³-hybridized carbons (Fsp3) is 0.179. The van der Waals surface area contributed by atoms with Gasteiger partial charge in [-0.2, -0.15) is 0 Å². The third kappa shape index (κ3) is 5.28. The first-order valence-corrected chi connectivity index (χ1v) is 11.5. The van der Waals surface area contributed by atoms with Crippen molar-refractivity contribution >= 4 is 39.7 Å². The Morgan fingerprint density at radius 1 is 1.03 bits per heavy atom. The van der Waals surface area contributed by atoms with Gasteiger partial charge in [0.05, 0.1) is 32.1 Å². The molecule has 0 unspecified atom stereocenters. The summed E-state index contributed by atoms with van der Waals surface area (Å²) in [7, 11) is 3.13. The third-order valence-electron chi connectivity index (χ3n) is 5.56. The summed E-state index contributed by atoms with van der Waals surface area (Å²) in [6.45, 7) is 4.43. The van der Waals surface area contributed by atoms with E-state index in [2.05, 4.69) is 5.32 Å². The molecule has 3 aromatic carbocycles. The number of hydrogen-bond acceptors (Lipinski definition) is 5. The number of benzene rings is 3. The van der Waals surface area contributed by atoms with Crippen LogP contribution in [0, 0.1) is 0 Å². The first-order chi connectivity index (χ1) is 16.9. The van der Waals surface area contributed by atoms with Crippen LogP contribution in [0.15, 0.2) is 71.4 Å². The molecule has 180 valence electrons. The van der Waals surface area contributed by atoms with Crippen molar-refractivity contribution in [1.82, 2.24) is 0 Å². The number of amides is 1. The Hall–Kier alpha value is -3.90. The summed E-state index contributed by atoms with van der Waals surface area (Å²) in [5.41, 5.74) is 4.73. The molecular weight excluding hydrogens is 466 g/mol. The molecule has 0 aliphatic rings. The molecule has 0 saturated carbocycles. The van der Waals surface area contributed by atoms with Crippen LogP contribution in [0.5, 0.6) is 17.2 Å². The van der Waals surface area contributed by atoms with Crippen molar-refractivity contribution in [3.8, 4) is 28.4 Å². The Balaban J connectivity index is 1.65. The molecule has 1 N–H and O–H groups in total. The molecule has 0 bridgehead atoms. The fourth-order valence-corrected chi connectivity index (χ4v) is 4.11. The van der Waals surface area contributed by atoms with Crippen LogP contribution in [0.25, 0.3) is 27.7 Å². The van der Waals surface area contributed by atoms with Gasteiger partial charge in [0.25, 0.3) is 0 Å². The van der Waals surface area contributed by atoms with E-state index in [-0.39, 0.29) is 5.91 Å². The number of methoxy groups -OCH3 is 2. The van der Waals surface area contributed by atoms with E-state index in [0.717, 1.165) is 33.4 Å². The predicted octanol–water partition coefficient (Wildman–Crippen LogP) is 7.21. The zero-order chi connectivity index (χ0) is 24.9. The van der Waals surface area contributed by atoms with E-state index in [1.54, 1.807) is 31.6 Å². The van der Waals surface area contributed by atoms with E-state index in [1.807, 2.05) is 50.2 Å². The van der Waals surface area contributed by atoms with Crippen LogP contribution in [0.4, 0.5) is 5.69 Å². The Morgan fingerprint density at radius 2 is 1.77 bits per heavy atom. The number of anilines is 1. The second-order valence-corrected chi connectivity index (χ2v) is 8.23. The Kier molecular flexibility index (Phi) is 7.32. The molecule has 0 radical (unpaired) electrons. The molecular formula is C28H26ClNO5. The third-order valence-corrected chi connectivity index (χ3v) is 5.86. The fourth-order valence-electron chi connectivity index (χ4n) is 3.85. The van der Waals surface area contributed by atoms with Gasteiger partial charge in [-0.1, -0.05) is 23.7 Å². The average Bonchev–Trinajstić information content (AvgIpc) is 3.27. The number of furan rings is 1. The Labute approximate surface area is 209 Å².